The van der Waals surface area contributed by atoms with E-state index in [-0.39, 0.29) is 0 Å². The standard InChI is InChI=1S/C48H33N/c1-4-14-34(15-5-1)36-24-28-40(29-25-36)49(41-30-26-37(27-31-41)35-16-6-2-7-17-35)47-33-39-32-46(38-18-8-3-9-19-38)42-20-10-12-22-44(42)48(39)45-23-13-11-21-43(45)47/h1-33H. The predicted octanol–water partition coefficient (Wildman–Crippen LogP) is 13.6. The van der Waals surface area contributed by atoms with Crippen LogP contribution in [0.5, 0.6) is 0 Å². The van der Waals surface area contributed by atoms with Gasteiger partial charge < -0.3 is 4.90 Å². The molecule has 0 unspecified atom stereocenters. The zero-order valence-electron chi connectivity index (χ0n) is 27.0. The Labute approximate surface area is 287 Å². The van der Waals surface area contributed by atoms with Crippen molar-refractivity contribution < 1.29 is 0 Å². The normalized spacial score (nSPS) is 11.3. The Morgan fingerprint density at radius 2 is 0.673 bits per heavy atom. The molecule has 0 saturated carbocycles. The molecule has 1 heteroatoms. The first-order chi connectivity index (χ1) is 24.3. The summed E-state index contributed by atoms with van der Waals surface area (Å²) in [5.74, 6) is 0. The molecule has 0 amide bonds. The fourth-order valence-corrected chi connectivity index (χ4v) is 7.30. The fraction of sp³-hybridized carbons (Fsp3) is 0. The molecule has 9 aromatic carbocycles. The molecule has 0 aliphatic rings. The maximum Gasteiger partial charge on any atom is 0.0546 e. The molecular formula is C48H33N. The first kappa shape index (κ1) is 28.8. The second kappa shape index (κ2) is 12.3. The number of nitrogens with zero attached hydrogens (tertiary/aromatic N) is 1. The van der Waals surface area contributed by atoms with Crippen LogP contribution in [-0.4, -0.2) is 0 Å². The molecule has 9 rings (SSSR count). The highest BCUT2D eigenvalue weighted by atomic mass is 15.1. The molecule has 1 nitrogen and oxygen atoms in total. The van der Waals surface area contributed by atoms with E-state index in [0.717, 1.165) is 17.1 Å². The van der Waals surface area contributed by atoms with Crippen LogP contribution < -0.4 is 4.90 Å². The van der Waals surface area contributed by atoms with Gasteiger partial charge >= 0.3 is 0 Å². The topological polar surface area (TPSA) is 3.24 Å². The van der Waals surface area contributed by atoms with Crippen molar-refractivity contribution in [3.63, 3.8) is 0 Å². The van der Waals surface area contributed by atoms with Gasteiger partial charge in [0.1, 0.15) is 0 Å². The molecule has 0 heterocycles. The lowest BCUT2D eigenvalue weighted by Gasteiger charge is -2.28. The van der Waals surface area contributed by atoms with Gasteiger partial charge in [0.05, 0.1) is 5.69 Å². The summed E-state index contributed by atoms with van der Waals surface area (Å²) >= 11 is 0. The number of rotatable bonds is 6. The van der Waals surface area contributed by atoms with Crippen LogP contribution in [0.25, 0.3) is 65.7 Å². The predicted molar refractivity (Wildman–Crippen MR) is 210 cm³/mol. The van der Waals surface area contributed by atoms with Crippen molar-refractivity contribution in [1.29, 1.82) is 0 Å². The van der Waals surface area contributed by atoms with Crippen molar-refractivity contribution in [3.8, 4) is 33.4 Å². The quantitative estimate of drug-likeness (QED) is 0.167. The maximum absolute atomic E-state index is 2.42. The summed E-state index contributed by atoms with van der Waals surface area (Å²) in [5.41, 5.74) is 10.7. The van der Waals surface area contributed by atoms with E-state index in [1.807, 2.05) is 0 Å². The van der Waals surface area contributed by atoms with Crippen LogP contribution >= 0.6 is 0 Å². The SMILES string of the molecule is c1ccc(-c2ccc(N(c3ccc(-c4ccccc4)cc3)c3cc4cc(-c5ccccc5)c5ccccc5c4c4ccccc34)cc2)cc1. The van der Waals surface area contributed by atoms with Crippen molar-refractivity contribution >= 4 is 49.4 Å². The van der Waals surface area contributed by atoms with Gasteiger partial charge in [-0.3, -0.25) is 0 Å². The van der Waals surface area contributed by atoms with Crippen LogP contribution in [-0.2, 0) is 0 Å². The minimum Gasteiger partial charge on any atom is -0.310 e. The molecule has 0 bridgehead atoms. The molecule has 230 valence electrons. The highest BCUT2D eigenvalue weighted by Gasteiger charge is 2.20. The molecule has 49 heavy (non-hydrogen) atoms. The Hall–Kier alpha value is -6.44. The Morgan fingerprint density at radius 1 is 0.286 bits per heavy atom. The first-order valence-electron chi connectivity index (χ1n) is 16.9. The number of anilines is 3. The number of hydrogen-bond donors (Lipinski definition) is 0. The fourth-order valence-electron chi connectivity index (χ4n) is 7.30. The van der Waals surface area contributed by atoms with E-state index >= 15 is 0 Å². The van der Waals surface area contributed by atoms with Gasteiger partial charge in [-0.15, -0.1) is 0 Å². The smallest absolute Gasteiger partial charge is 0.0546 e. The van der Waals surface area contributed by atoms with Gasteiger partial charge in [0.25, 0.3) is 0 Å². The van der Waals surface area contributed by atoms with Gasteiger partial charge in [0.2, 0.25) is 0 Å². The summed E-state index contributed by atoms with van der Waals surface area (Å²) < 4.78 is 0. The van der Waals surface area contributed by atoms with Gasteiger partial charge in [-0.1, -0.05) is 164 Å². The number of hydrogen-bond acceptors (Lipinski definition) is 1. The van der Waals surface area contributed by atoms with Crippen molar-refractivity contribution in [2.45, 2.75) is 0 Å². The Balaban J connectivity index is 1.30. The molecule has 0 N–H and O–H groups in total. The molecule has 0 aliphatic carbocycles. The average Bonchev–Trinajstić information content (AvgIpc) is 3.19. The summed E-state index contributed by atoms with van der Waals surface area (Å²) in [6.45, 7) is 0. The van der Waals surface area contributed by atoms with Crippen LogP contribution in [0.15, 0.2) is 200 Å². The van der Waals surface area contributed by atoms with Crippen molar-refractivity contribution in [2.75, 3.05) is 4.90 Å². The van der Waals surface area contributed by atoms with E-state index < -0.39 is 0 Å². The maximum atomic E-state index is 2.42. The van der Waals surface area contributed by atoms with Crippen molar-refractivity contribution in [3.05, 3.63) is 200 Å². The van der Waals surface area contributed by atoms with Gasteiger partial charge in [-0.05, 0) is 96.7 Å². The average molecular weight is 624 g/mol. The summed E-state index contributed by atoms with van der Waals surface area (Å²) in [6, 6.07) is 72.4. The lowest BCUT2D eigenvalue weighted by Crippen LogP contribution is -2.10. The van der Waals surface area contributed by atoms with Gasteiger partial charge in [-0.2, -0.15) is 0 Å². The lowest BCUT2D eigenvalue weighted by atomic mass is 9.90. The molecule has 0 radical (unpaired) electrons. The van der Waals surface area contributed by atoms with Gasteiger partial charge in [-0.25, -0.2) is 0 Å². The Morgan fingerprint density at radius 3 is 1.18 bits per heavy atom. The second-order valence-electron chi connectivity index (χ2n) is 12.5. The van der Waals surface area contributed by atoms with E-state index in [0.29, 0.717) is 0 Å². The van der Waals surface area contributed by atoms with Crippen LogP contribution in [0, 0.1) is 0 Å². The number of benzene rings is 9. The Kier molecular flexibility index (Phi) is 7.22. The summed E-state index contributed by atoms with van der Waals surface area (Å²) in [5, 5.41) is 7.51. The molecule has 0 aromatic heterocycles. The van der Waals surface area contributed by atoms with E-state index in [1.54, 1.807) is 0 Å². The highest BCUT2D eigenvalue weighted by Crippen LogP contribution is 2.46. The lowest BCUT2D eigenvalue weighted by molar-refractivity contribution is 1.30. The summed E-state index contributed by atoms with van der Waals surface area (Å²) in [6.07, 6.45) is 0. The number of fused-ring (bicyclic) bond motifs is 5. The molecule has 9 aromatic rings. The first-order valence-corrected chi connectivity index (χ1v) is 16.9. The molecule has 0 aliphatic heterocycles. The molecular weight excluding hydrogens is 591 g/mol. The van der Waals surface area contributed by atoms with E-state index in [9.17, 15) is 0 Å². The van der Waals surface area contributed by atoms with Crippen LogP contribution in [0.4, 0.5) is 17.1 Å². The molecule has 0 saturated heterocycles. The van der Waals surface area contributed by atoms with Crippen LogP contribution in [0.2, 0.25) is 0 Å². The van der Waals surface area contributed by atoms with Crippen molar-refractivity contribution in [1.82, 2.24) is 0 Å². The molecule has 0 atom stereocenters. The third-order valence-electron chi connectivity index (χ3n) is 9.63. The van der Waals surface area contributed by atoms with Crippen LogP contribution in [0.1, 0.15) is 0 Å². The largest absolute Gasteiger partial charge is 0.310 e. The Bertz CT molecular complexity index is 2470. The molecule has 0 fully saturated rings. The second-order valence-corrected chi connectivity index (χ2v) is 12.5. The zero-order chi connectivity index (χ0) is 32.6. The van der Waals surface area contributed by atoms with Gasteiger partial charge in [0, 0.05) is 16.8 Å². The summed E-state index contributed by atoms with van der Waals surface area (Å²) in [4.78, 5) is 2.42. The third-order valence-corrected chi connectivity index (χ3v) is 9.63. The monoisotopic (exact) mass is 623 g/mol. The van der Waals surface area contributed by atoms with E-state index in [2.05, 4.69) is 205 Å². The summed E-state index contributed by atoms with van der Waals surface area (Å²) in [7, 11) is 0. The van der Waals surface area contributed by atoms with Gasteiger partial charge in [0.15, 0.2) is 0 Å². The van der Waals surface area contributed by atoms with Crippen LogP contribution in [0.3, 0.4) is 0 Å². The minimum absolute atomic E-state index is 1.11. The third kappa shape index (κ3) is 5.23. The molecule has 0 spiro atoms. The highest BCUT2D eigenvalue weighted by molar-refractivity contribution is 6.26. The van der Waals surface area contributed by atoms with E-state index in [4.69, 9.17) is 0 Å². The van der Waals surface area contributed by atoms with E-state index in [1.165, 1.54) is 65.7 Å². The zero-order valence-corrected chi connectivity index (χ0v) is 27.0. The van der Waals surface area contributed by atoms with Crippen molar-refractivity contribution in [2.24, 2.45) is 0 Å². The minimum atomic E-state index is 1.11.